The first-order valence-electron chi connectivity index (χ1n) is 5.20. The summed E-state index contributed by atoms with van der Waals surface area (Å²) in [6, 6.07) is 13.0. The first-order chi connectivity index (χ1) is 8.01. The summed E-state index contributed by atoms with van der Waals surface area (Å²) in [5.41, 5.74) is 0.847. The Morgan fingerprint density at radius 1 is 1.06 bits per heavy atom. The van der Waals surface area contributed by atoms with Crippen molar-refractivity contribution in [3.63, 3.8) is 0 Å². The molecule has 0 aliphatic heterocycles. The molecule has 88 valence electrons. The highest BCUT2D eigenvalue weighted by Crippen LogP contribution is 2.41. The van der Waals surface area contributed by atoms with Gasteiger partial charge in [0.15, 0.2) is 0 Å². The quantitative estimate of drug-likeness (QED) is 0.798. The van der Waals surface area contributed by atoms with E-state index in [-0.39, 0.29) is 11.1 Å². The van der Waals surface area contributed by atoms with E-state index in [0.717, 1.165) is 5.56 Å². The van der Waals surface area contributed by atoms with Gasteiger partial charge in [-0.05, 0) is 36.8 Å². The third-order valence-corrected chi connectivity index (χ3v) is 4.59. The Bertz CT molecular complexity index is 578. The molecule has 17 heavy (non-hydrogen) atoms. The lowest BCUT2D eigenvalue weighted by Crippen LogP contribution is -2.15. The summed E-state index contributed by atoms with van der Waals surface area (Å²) in [7, 11) is -3.70. The average molecular weight is 248 g/mol. The Hall–Kier alpha value is -1.57. The molecule has 2 N–H and O–H groups in total. The van der Waals surface area contributed by atoms with E-state index in [1.54, 1.807) is 36.4 Å². The van der Waals surface area contributed by atoms with Gasteiger partial charge in [0.1, 0.15) is 5.75 Å². The van der Waals surface area contributed by atoms with Crippen molar-refractivity contribution in [2.45, 2.75) is 6.92 Å². The number of hydrogen-bond donors (Lipinski definition) is 2. The second-order valence-corrected chi connectivity index (χ2v) is 6.05. The highest BCUT2D eigenvalue weighted by Gasteiger charge is 2.26. The van der Waals surface area contributed by atoms with Crippen LogP contribution >= 0.6 is 7.37 Å². The summed E-state index contributed by atoms with van der Waals surface area (Å²) in [6.07, 6.45) is 0. The van der Waals surface area contributed by atoms with Gasteiger partial charge in [-0.1, -0.05) is 24.3 Å². The molecule has 4 heteroatoms. The summed E-state index contributed by atoms with van der Waals surface area (Å²) in [5.74, 6) is -0.139. The van der Waals surface area contributed by atoms with Gasteiger partial charge in [-0.3, -0.25) is 4.57 Å². The molecule has 0 spiro atoms. The molecule has 3 nitrogen and oxygen atoms in total. The molecule has 0 saturated heterocycles. The fraction of sp³-hybridized carbons (Fsp3) is 0.0769. The molecular formula is C13H13O3P. The monoisotopic (exact) mass is 248 g/mol. The van der Waals surface area contributed by atoms with Crippen molar-refractivity contribution in [1.82, 2.24) is 0 Å². The van der Waals surface area contributed by atoms with Crippen LogP contribution in [0.15, 0.2) is 48.5 Å². The van der Waals surface area contributed by atoms with Crippen molar-refractivity contribution in [3.05, 3.63) is 54.1 Å². The van der Waals surface area contributed by atoms with Crippen LogP contribution in [0.3, 0.4) is 0 Å². The SMILES string of the molecule is Cc1ccc(P(=O)(O)c2ccccc2)c(O)c1. The maximum atomic E-state index is 12.3. The number of hydrogen-bond acceptors (Lipinski definition) is 2. The van der Waals surface area contributed by atoms with Crippen LogP contribution < -0.4 is 10.6 Å². The predicted octanol–water partition coefficient (Wildman–Crippen LogP) is 1.92. The lowest BCUT2D eigenvalue weighted by atomic mass is 10.2. The van der Waals surface area contributed by atoms with Gasteiger partial charge in [-0.15, -0.1) is 0 Å². The van der Waals surface area contributed by atoms with E-state index in [2.05, 4.69) is 0 Å². The van der Waals surface area contributed by atoms with Crippen molar-refractivity contribution < 1.29 is 14.6 Å². The fourth-order valence-corrected chi connectivity index (χ4v) is 3.17. The number of aryl methyl sites for hydroxylation is 1. The van der Waals surface area contributed by atoms with Crippen LogP contribution in [-0.2, 0) is 4.57 Å². The van der Waals surface area contributed by atoms with Gasteiger partial charge in [0.25, 0.3) is 7.37 Å². The molecule has 0 radical (unpaired) electrons. The van der Waals surface area contributed by atoms with Gasteiger partial charge in [0.05, 0.1) is 5.30 Å². The Morgan fingerprint density at radius 2 is 1.71 bits per heavy atom. The molecule has 2 aromatic carbocycles. The minimum atomic E-state index is -3.70. The van der Waals surface area contributed by atoms with Crippen molar-refractivity contribution in [1.29, 1.82) is 0 Å². The Kier molecular flexibility index (Phi) is 3.05. The lowest BCUT2D eigenvalue weighted by molar-refractivity contribution is 0.472. The van der Waals surface area contributed by atoms with Gasteiger partial charge in [-0.25, -0.2) is 0 Å². The van der Waals surface area contributed by atoms with Crippen LogP contribution in [0, 0.1) is 6.92 Å². The molecule has 1 unspecified atom stereocenters. The fourth-order valence-electron chi connectivity index (χ4n) is 1.66. The zero-order chi connectivity index (χ0) is 12.5. The van der Waals surface area contributed by atoms with Crippen LogP contribution in [0.25, 0.3) is 0 Å². The van der Waals surface area contributed by atoms with Gasteiger partial charge in [0.2, 0.25) is 0 Å². The summed E-state index contributed by atoms with van der Waals surface area (Å²) < 4.78 is 12.3. The second-order valence-electron chi connectivity index (χ2n) is 3.90. The molecule has 0 heterocycles. The van der Waals surface area contributed by atoms with E-state index < -0.39 is 7.37 Å². The largest absolute Gasteiger partial charge is 0.507 e. The second kappa shape index (κ2) is 4.36. The lowest BCUT2D eigenvalue weighted by Gasteiger charge is -2.13. The van der Waals surface area contributed by atoms with E-state index >= 15 is 0 Å². The van der Waals surface area contributed by atoms with Crippen molar-refractivity contribution >= 4 is 18.0 Å². The molecule has 0 aliphatic carbocycles. The van der Waals surface area contributed by atoms with E-state index in [9.17, 15) is 14.6 Å². The average Bonchev–Trinajstić information content (AvgIpc) is 2.29. The molecular weight excluding hydrogens is 235 g/mol. The van der Waals surface area contributed by atoms with E-state index in [0.29, 0.717) is 5.30 Å². The highest BCUT2D eigenvalue weighted by molar-refractivity contribution is 7.73. The zero-order valence-electron chi connectivity index (χ0n) is 9.37. The van der Waals surface area contributed by atoms with Crippen molar-refractivity contribution in [2.75, 3.05) is 0 Å². The third-order valence-electron chi connectivity index (χ3n) is 2.56. The summed E-state index contributed by atoms with van der Waals surface area (Å²) >= 11 is 0. The predicted molar refractivity (Wildman–Crippen MR) is 68.4 cm³/mol. The first kappa shape index (κ1) is 11.9. The topological polar surface area (TPSA) is 57.5 Å². The summed E-state index contributed by atoms with van der Waals surface area (Å²) in [6.45, 7) is 1.81. The maximum absolute atomic E-state index is 12.3. The Labute approximate surface area is 99.8 Å². The van der Waals surface area contributed by atoms with E-state index in [4.69, 9.17) is 0 Å². The summed E-state index contributed by atoms with van der Waals surface area (Å²) in [4.78, 5) is 10.1. The molecule has 2 aromatic rings. The van der Waals surface area contributed by atoms with Crippen LogP contribution in [0.1, 0.15) is 5.56 Å². The van der Waals surface area contributed by atoms with Crippen molar-refractivity contribution in [2.24, 2.45) is 0 Å². The number of phenolic OH excluding ortho intramolecular Hbond substituents is 1. The molecule has 1 atom stereocenters. The molecule has 2 rings (SSSR count). The van der Waals surface area contributed by atoms with Crippen LogP contribution in [0.4, 0.5) is 0 Å². The summed E-state index contributed by atoms with van der Waals surface area (Å²) in [5, 5.41) is 10.2. The van der Waals surface area contributed by atoms with E-state index in [1.165, 1.54) is 12.1 Å². The van der Waals surface area contributed by atoms with Crippen LogP contribution in [-0.4, -0.2) is 10.00 Å². The molecule has 0 bridgehead atoms. The Balaban J connectivity index is 2.56. The van der Waals surface area contributed by atoms with Gasteiger partial charge < -0.3 is 10.00 Å². The highest BCUT2D eigenvalue weighted by atomic mass is 31.2. The number of benzene rings is 2. The zero-order valence-corrected chi connectivity index (χ0v) is 10.3. The standard InChI is InChI=1S/C13H13O3P/c1-10-7-8-13(12(14)9-10)17(15,16)11-5-3-2-4-6-11/h2-9,14H,1H3,(H,15,16). The normalized spacial score (nSPS) is 14.2. The minimum Gasteiger partial charge on any atom is -0.507 e. The molecule has 0 amide bonds. The van der Waals surface area contributed by atoms with Gasteiger partial charge >= 0.3 is 0 Å². The molecule has 0 saturated carbocycles. The van der Waals surface area contributed by atoms with Crippen LogP contribution in [0.2, 0.25) is 0 Å². The number of rotatable bonds is 2. The minimum absolute atomic E-state index is 0.0781. The van der Waals surface area contributed by atoms with E-state index in [1.807, 2.05) is 6.92 Å². The molecule has 0 aromatic heterocycles. The molecule has 0 aliphatic rings. The Morgan fingerprint density at radius 3 is 2.29 bits per heavy atom. The smallest absolute Gasteiger partial charge is 0.262 e. The third kappa shape index (κ3) is 2.26. The van der Waals surface area contributed by atoms with Crippen LogP contribution in [0.5, 0.6) is 5.75 Å². The first-order valence-corrected chi connectivity index (χ1v) is 6.86. The maximum Gasteiger partial charge on any atom is 0.262 e. The van der Waals surface area contributed by atoms with Crippen molar-refractivity contribution in [3.8, 4) is 5.75 Å². The number of aromatic hydroxyl groups is 1. The number of phenols is 1. The molecule has 0 fully saturated rings. The van der Waals surface area contributed by atoms with Gasteiger partial charge in [0, 0.05) is 5.30 Å². The van der Waals surface area contributed by atoms with Gasteiger partial charge in [-0.2, -0.15) is 0 Å².